The summed E-state index contributed by atoms with van der Waals surface area (Å²) in [5, 5.41) is 15.3. The lowest BCUT2D eigenvalue weighted by Crippen LogP contribution is -2.34. The first kappa shape index (κ1) is 78.2. The standard InChI is InChI=1S/C10H17NO.C8H14N2O.2C8H13NO2.C8H13NOS.C7H10N2O2.C7H11NO2.C7H11NOS/c1-8(12-10(2,3)4)9-6-5-7-11-9;1-8(2,3)6-5-7(11)9-10(6)4;1-8(2,3)5-4-6(10)9-7(5)11;2*1-5-9-7(10)6(11-5)8(2,3)4;1-7(2,3)4-5(10)9-6(11)8-4;2*1-7(2,3)5-4-6(9)8-10-5/h5-8,11H,1-4H3;5H,1-4H3,(H,9,11);5H,4H2,1-3H3,(H,9,10,11);2*6H,1H2,2-4H3,(H,9,10);1-3H3,(H,9,10,11);2*4H,1-3H3,(H,8,9). The zero-order valence-corrected chi connectivity index (χ0v) is 58.1. The fourth-order valence-corrected chi connectivity index (χ4v) is 9.49. The second-order valence-electron chi connectivity index (χ2n) is 29.5. The van der Waals surface area contributed by atoms with Crippen molar-refractivity contribution in [2.45, 2.75) is 219 Å². The van der Waals surface area contributed by atoms with Crippen molar-refractivity contribution >= 4 is 64.6 Å². The van der Waals surface area contributed by atoms with Gasteiger partial charge in [0.25, 0.3) is 28.5 Å². The number of aliphatic imine (C=N–C) groups is 1. The molecule has 87 heavy (non-hydrogen) atoms. The van der Waals surface area contributed by atoms with Crippen molar-refractivity contribution in [3.05, 3.63) is 114 Å². The molecule has 0 aliphatic carbocycles. The summed E-state index contributed by atoms with van der Waals surface area (Å²) < 4.78 is 20.3. The lowest BCUT2D eigenvalue weighted by molar-refractivity contribution is -0.128. The number of hydrogen-bond donors (Lipinski definition) is 8. The number of aryl methyl sites for hydroxylation is 1. The van der Waals surface area contributed by atoms with Crippen LogP contribution in [0.5, 0.6) is 0 Å². The van der Waals surface area contributed by atoms with E-state index in [9.17, 15) is 43.2 Å². The summed E-state index contributed by atoms with van der Waals surface area (Å²) in [7, 11) is 1.85. The highest BCUT2D eigenvalue weighted by molar-refractivity contribution is 8.04. The number of aromatic nitrogens is 5. The molecule has 0 aromatic carbocycles. The molecule has 4 atom stereocenters. The minimum Gasteiger partial charge on any atom is -0.466 e. The van der Waals surface area contributed by atoms with Crippen LogP contribution in [-0.4, -0.2) is 82.5 Å². The average Bonchev–Trinajstić information content (AvgIpc) is 2.92. The Hall–Kier alpha value is -6.79. The van der Waals surface area contributed by atoms with E-state index in [4.69, 9.17) is 14.0 Å². The summed E-state index contributed by atoms with van der Waals surface area (Å²) in [6.07, 6.45) is 2.01. The number of nitrogens with zero attached hydrogens (tertiary/aromatic N) is 2. The normalized spacial score (nSPS) is 18.2. The van der Waals surface area contributed by atoms with E-state index >= 15 is 0 Å². The predicted molar refractivity (Wildman–Crippen MR) is 347 cm³/mol. The van der Waals surface area contributed by atoms with Gasteiger partial charge in [-0.3, -0.25) is 68.5 Å². The molecule has 8 N–H and O–H groups in total. The maximum absolute atomic E-state index is 11.2. The third kappa shape index (κ3) is 28.3. The van der Waals surface area contributed by atoms with Gasteiger partial charge < -0.3 is 24.3 Å². The molecule has 4 aromatic rings. The molecule has 3 saturated heterocycles. The van der Waals surface area contributed by atoms with E-state index in [-0.39, 0.29) is 107 Å². The molecule has 4 unspecified atom stereocenters. The van der Waals surface area contributed by atoms with E-state index < -0.39 is 12.1 Å². The number of aromatic amines is 4. The van der Waals surface area contributed by atoms with E-state index in [2.05, 4.69) is 149 Å². The van der Waals surface area contributed by atoms with Crippen LogP contribution in [0, 0.1) is 27.6 Å². The van der Waals surface area contributed by atoms with Crippen molar-refractivity contribution in [1.29, 1.82) is 0 Å². The summed E-state index contributed by atoms with van der Waals surface area (Å²) >= 11 is 2.94. The van der Waals surface area contributed by atoms with Crippen molar-refractivity contribution in [1.82, 2.24) is 45.6 Å². The van der Waals surface area contributed by atoms with Crippen molar-refractivity contribution in [3.63, 3.8) is 0 Å². The fraction of sp³-hybridized carbons (Fsp3) is 0.619. The highest BCUT2D eigenvalue weighted by Crippen LogP contribution is 2.38. The molecule has 8 rings (SSSR count). The third-order valence-electron chi connectivity index (χ3n) is 12.3. The van der Waals surface area contributed by atoms with Crippen molar-refractivity contribution in [2.24, 2.45) is 39.6 Å². The zero-order chi connectivity index (χ0) is 68.0. The Balaban J connectivity index is 0.000000497. The lowest BCUT2D eigenvalue weighted by Gasteiger charge is -2.24. The first-order valence-electron chi connectivity index (χ1n) is 28.6. The second kappa shape index (κ2) is 30.9. The number of amides is 7. The molecule has 22 nitrogen and oxygen atoms in total. The van der Waals surface area contributed by atoms with Gasteiger partial charge in [-0.25, -0.2) is 4.79 Å². The number of ether oxygens (including phenoxy) is 2. The number of H-pyrrole nitrogens is 4. The Bertz CT molecular complexity index is 3020. The van der Waals surface area contributed by atoms with Crippen LogP contribution in [0.15, 0.2) is 84.5 Å². The molecule has 0 spiro atoms. The summed E-state index contributed by atoms with van der Waals surface area (Å²) in [5.41, 5.74) is 1.65. The van der Waals surface area contributed by atoms with E-state index in [1.165, 1.54) is 29.4 Å². The second-order valence-corrected chi connectivity index (χ2v) is 31.6. The molecule has 488 valence electrons. The number of thioether (sulfide) groups is 1. The maximum Gasteiger partial charge on any atom is 0.348 e. The van der Waals surface area contributed by atoms with E-state index in [0.717, 1.165) is 21.3 Å². The van der Waals surface area contributed by atoms with E-state index in [1.54, 1.807) is 16.8 Å². The molecule has 0 radical (unpaired) electrons. The molecule has 0 bridgehead atoms. The number of imide groups is 2. The molecule has 24 heteroatoms. The number of urea groups is 1. The van der Waals surface area contributed by atoms with Gasteiger partial charge in [-0.15, -0.1) is 0 Å². The number of carbonyl (C=O) groups is 6. The van der Waals surface area contributed by atoms with Crippen LogP contribution in [0.4, 0.5) is 4.79 Å². The monoisotopic (exact) mass is 1250 g/mol. The predicted octanol–water partition coefficient (Wildman–Crippen LogP) is 11.1. The Kier molecular flexibility index (Phi) is 27.8. The lowest BCUT2D eigenvalue weighted by atomic mass is 9.80. The highest BCUT2D eigenvalue weighted by atomic mass is 32.2. The first-order valence-corrected chi connectivity index (χ1v) is 30.3. The molecule has 8 heterocycles. The Labute approximate surface area is 522 Å². The molecule has 4 aliphatic heterocycles. The average molecular weight is 1260 g/mol. The number of rotatable bonds is 2. The fourth-order valence-electron chi connectivity index (χ4n) is 7.79. The van der Waals surface area contributed by atoms with Crippen molar-refractivity contribution in [2.75, 3.05) is 0 Å². The third-order valence-corrected chi connectivity index (χ3v) is 15.1. The maximum atomic E-state index is 11.2. The van der Waals surface area contributed by atoms with Crippen LogP contribution < -0.4 is 37.9 Å². The molecule has 0 saturated carbocycles. The Morgan fingerprint density at radius 1 is 0.644 bits per heavy atom. The Morgan fingerprint density at radius 2 is 1.22 bits per heavy atom. The van der Waals surface area contributed by atoms with Gasteiger partial charge in [-0.05, 0) is 62.7 Å². The molecule has 3 fully saturated rings. The largest absolute Gasteiger partial charge is 0.466 e. The SMILES string of the molecule is C=C1NC(=O)C(C(C)(C)C)O1.C=C1NC(=O)C(C(C)(C)C)S1.CC(C)(C)C1=NC(=O)NC1=O.CC(C)(C)C1CC(=O)NC1=O.CC(C)(C)c1cc(=O)[nH]o1.CC(C)(C)c1cc(=O)[nH]s1.CC(OC(C)(C)C)c1ccc[nH]1.Cn1[nH]c(=O)cc1C(C)(C)C. The number of carbonyl (C=O) groups excluding carboxylic acids is 6. The van der Waals surface area contributed by atoms with Crippen LogP contribution in [0.3, 0.4) is 0 Å². The van der Waals surface area contributed by atoms with Gasteiger partial charge in [0, 0.05) is 75.8 Å². The molecular weight excluding hydrogens is 1150 g/mol. The number of nitrogens with one attached hydrogen (secondary N) is 8. The minimum atomic E-state index is -0.556. The van der Waals surface area contributed by atoms with Crippen LogP contribution in [0.2, 0.25) is 0 Å². The van der Waals surface area contributed by atoms with Crippen LogP contribution in [-0.2, 0) is 56.7 Å². The molecular formula is C63H102N10O12S2. The van der Waals surface area contributed by atoms with Crippen LogP contribution >= 0.6 is 23.3 Å². The van der Waals surface area contributed by atoms with Gasteiger partial charge in [0.2, 0.25) is 17.7 Å². The smallest absolute Gasteiger partial charge is 0.348 e. The van der Waals surface area contributed by atoms with Crippen LogP contribution in [0.25, 0.3) is 0 Å². The topological polar surface area (TPSA) is 314 Å². The summed E-state index contributed by atoms with van der Waals surface area (Å²) in [6.45, 7) is 57.4. The first-order chi connectivity index (χ1) is 39.0. The molecule has 4 aliphatic rings. The van der Waals surface area contributed by atoms with E-state index in [0.29, 0.717) is 23.8 Å². The summed E-state index contributed by atoms with van der Waals surface area (Å²) in [6, 6.07) is 8.23. The summed E-state index contributed by atoms with van der Waals surface area (Å²) in [4.78, 5) is 106. The van der Waals surface area contributed by atoms with Crippen LogP contribution in [0.1, 0.15) is 208 Å². The van der Waals surface area contributed by atoms with Gasteiger partial charge in [-0.1, -0.05) is 175 Å². The zero-order valence-electron chi connectivity index (χ0n) is 56.5. The van der Waals surface area contributed by atoms with Gasteiger partial charge in [0.15, 0.2) is 12.0 Å². The summed E-state index contributed by atoms with van der Waals surface area (Å²) in [5.74, 6) is 0.261. The van der Waals surface area contributed by atoms with Gasteiger partial charge in [0.1, 0.15) is 11.5 Å². The van der Waals surface area contributed by atoms with E-state index in [1.807, 2.05) is 108 Å². The highest BCUT2D eigenvalue weighted by Gasteiger charge is 2.40. The van der Waals surface area contributed by atoms with Crippen molar-refractivity contribution in [3.8, 4) is 0 Å². The quantitative estimate of drug-likeness (QED) is 0.0867. The van der Waals surface area contributed by atoms with Crippen molar-refractivity contribution < 1.29 is 42.8 Å². The van der Waals surface area contributed by atoms with Gasteiger partial charge in [-0.2, -0.15) is 10.1 Å². The Morgan fingerprint density at radius 3 is 1.44 bits per heavy atom. The van der Waals surface area contributed by atoms with Gasteiger partial charge in [0.05, 0.1) is 27.9 Å². The molecule has 4 aromatic heterocycles. The molecule has 7 amide bonds. The van der Waals surface area contributed by atoms with Gasteiger partial charge >= 0.3 is 6.03 Å². The minimum absolute atomic E-state index is 0.00919. The number of hydrogen-bond acceptors (Lipinski definition) is 14.